The number of hydrogen-bond donors (Lipinski definition) is 3. The number of alkyl carbamates (subject to hydrolysis) is 1. The second-order valence-corrected chi connectivity index (χ2v) is 3.04. The van der Waals surface area contributed by atoms with Crippen LogP contribution in [0.25, 0.3) is 0 Å². The van der Waals surface area contributed by atoms with E-state index in [-0.39, 0.29) is 25.2 Å². The van der Waals surface area contributed by atoms with Crippen LogP contribution in [-0.2, 0) is 9.53 Å². The molecule has 80 valence electrons. The Bertz CT molecular complexity index is 219. The zero-order chi connectivity index (χ0) is 10.4. The third-order valence-electron chi connectivity index (χ3n) is 1.90. The van der Waals surface area contributed by atoms with Crippen molar-refractivity contribution in [3.8, 4) is 0 Å². The van der Waals surface area contributed by atoms with Crippen LogP contribution in [0.15, 0.2) is 0 Å². The summed E-state index contributed by atoms with van der Waals surface area (Å²) in [5, 5.41) is 13.6. The Kier molecular flexibility index (Phi) is 4.18. The van der Waals surface area contributed by atoms with Crippen LogP contribution in [0.1, 0.15) is 12.8 Å². The Morgan fingerprint density at radius 2 is 2.50 bits per heavy atom. The van der Waals surface area contributed by atoms with Crippen molar-refractivity contribution < 1.29 is 19.4 Å². The van der Waals surface area contributed by atoms with E-state index >= 15 is 0 Å². The topological polar surface area (TPSA) is 87.7 Å². The maximum absolute atomic E-state index is 10.9. The van der Waals surface area contributed by atoms with Gasteiger partial charge in [0.15, 0.2) is 0 Å². The van der Waals surface area contributed by atoms with Gasteiger partial charge in [0, 0.05) is 19.0 Å². The summed E-state index contributed by atoms with van der Waals surface area (Å²) in [6.45, 7) is 0.173. The second-order valence-electron chi connectivity index (χ2n) is 3.04. The van der Waals surface area contributed by atoms with Gasteiger partial charge in [-0.25, -0.2) is 4.79 Å². The van der Waals surface area contributed by atoms with Gasteiger partial charge in [0.05, 0.1) is 6.61 Å². The van der Waals surface area contributed by atoms with E-state index < -0.39 is 6.09 Å². The summed E-state index contributed by atoms with van der Waals surface area (Å²) in [5.74, 6) is 0.0144. The zero-order valence-electron chi connectivity index (χ0n) is 7.78. The van der Waals surface area contributed by atoms with Gasteiger partial charge >= 0.3 is 6.09 Å². The third-order valence-corrected chi connectivity index (χ3v) is 1.90. The van der Waals surface area contributed by atoms with Crippen molar-refractivity contribution in [2.24, 2.45) is 0 Å². The van der Waals surface area contributed by atoms with E-state index in [1.54, 1.807) is 0 Å². The molecule has 0 aromatic carbocycles. The van der Waals surface area contributed by atoms with Crippen LogP contribution in [0.5, 0.6) is 0 Å². The Labute approximate surface area is 81.6 Å². The van der Waals surface area contributed by atoms with E-state index in [4.69, 9.17) is 5.11 Å². The molecule has 1 atom stereocenters. The first kappa shape index (κ1) is 10.8. The minimum atomic E-state index is -0.569. The van der Waals surface area contributed by atoms with Crippen LogP contribution in [-0.4, -0.2) is 42.9 Å². The predicted molar refractivity (Wildman–Crippen MR) is 47.6 cm³/mol. The van der Waals surface area contributed by atoms with E-state index in [1.807, 2.05) is 0 Å². The molecular weight excluding hydrogens is 188 g/mol. The highest BCUT2D eigenvalue weighted by Gasteiger charge is 2.20. The molecule has 14 heavy (non-hydrogen) atoms. The summed E-state index contributed by atoms with van der Waals surface area (Å²) in [5.41, 5.74) is 0. The maximum atomic E-state index is 10.9. The molecule has 0 spiro atoms. The second kappa shape index (κ2) is 5.43. The van der Waals surface area contributed by atoms with Gasteiger partial charge < -0.3 is 20.5 Å². The lowest BCUT2D eigenvalue weighted by Crippen LogP contribution is -2.38. The number of ether oxygens (including phenoxy) is 1. The lowest BCUT2D eigenvalue weighted by molar-refractivity contribution is -0.119. The molecule has 6 nitrogen and oxygen atoms in total. The van der Waals surface area contributed by atoms with Gasteiger partial charge in [-0.2, -0.15) is 0 Å². The van der Waals surface area contributed by atoms with Crippen LogP contribution in [0, 0.1) is 0 Å². The number of aliphatic hydroxyl groups is 1. The predicted octanol–water partition coefficient (Wildman–Crippen LogP) is -1.02. The number of nitrogens with one attached hydrogen (secondary N) is 2. The molecule has 1 saturated heterocycles. The first-order valence-electron chi connectivity index (χ1n) is 4.53. The van der Waals surface area contributed by atoms with Crippen molar-refractivity contribution in [2.45, 2.75) is 18.9 Å². The van der Waals surface area contributed by atoms with Crippen molar-refractivity contribution in [3.05, 3.63) is 0 Å². The number of amides is 2. The molecular formula is C8H14N2O4. The lowest BCUT2D eigenvalue weighted by Gasteiger charge is -2.10. The summed E-state index contributed by atoms with van der Waals surface area (Å²) in [4.78, 5) is 21.7. The number of hydrogen-bond acceptors (Lipinski definition) is 4. The molecule has 0 aliphatic carbocycles. The normalized spacial score (nSPS) is 20.4. The highest BCUT2D eigenvalue weighted by Crippen LogP contribution is 2.04. The molecule has 1 aliphatic rings. The van der Waals surface area contributed by atoms with Gasteiger partial charge in [0.1, 0.15) is 6.61 Å². The minimum Gasteiger partial charge on any atom is -0.447 e. The van der Waals surface area contributed by atoms with Gasteiger partial charge in [0.2, 0.25) is 5.91 Å². The minimum absolute atomic E-state index is 0.00387. The standard InChI is InChI=1S/C8H14N2O4/c11-3-4-14-8(13)9-5-6-1-2-7(12)10-6/h6,11H,1-5H2,(H,9,13)(H,10,12). The molecule has 2 amide bonds. The van der Waals surface area contributed by atoms with Crippen molar-refractivity contribution in [2.75, 3.05) is 19.8 Å². The molecule has 1 aliphatic heterocycles. The molecule has 1 rings (SSSR count). The van der Waals surface area contributed by atoms with Crippen LogP contribution in [0.2, 0.25) is 0 Å². The fourth-order valence-electron chi connectivity index (χ4n) is 1.23. The first-order chi connectivity index (χ1) is 6.72. The van der Waals surface area contributed by atoms with Gasteiger partial charge in [-0.15, -0.1) is 0 Å². The third kappa shape index (κ3) is 3.61. The molecule has 0 aromatic heterocycles. The van der Waals surface area contributed by atoms with Gasteiger partial charge in [-0.3, -0.25) is 4.79 Å². The average molecular weight is 202 g/mol. The van der Waals surface area contributed by atoms with Crippen molar-refractivity contribution in [3.63, 3.8) is 0 Å². The van der Waals surface area contributed by atoms with Gasteiger partial charge in [-0.1, -0.05) is 0 Å². The summed E-state index contributed by atoms with van der Waals surface area (Å²) in [6.07, 6.45) is 0.678. The molecule has 0 radical (unpaired) electrons. The van der Waals surface area contributed by atoms with E-state index in [2.05, 4.69) is 15.4 Å². The van der Waals surface area contributed by atoms with Crippen molar-refractivity contribution >= 4 is 12.0 Å². The molecule has 0 bridgehead atoms. The number of rotatable bonds is 4. The summed E-state index contributed by atoms with van der Waals surface area (Å²) in [7, 11) is 0. The van der Waals surface area contributed by atoms with Gasteiger partial charge in [-0.05, 0) is 6.42 Å². The fourth-order valence-corrected chi connectivity index (χ4v) is 1.23. The van der Waals surface area contributed by atoms with E-state index in [0.29, 0.717) is 13.0 Å². The largest absolute Gasteiger partial charge is 0.447 e. The van der Waals surface area contributed by atoms with Gasteiger partial charge in [0.25, 0.3) is 0 Å². The average Bonchev–Trinajstić information content (AvgIpc) is 2.58. The van der Waals surface area contributed by atoms with Crippen molar-refractivity contribution in [1.82, 2.24) is 10.6 Å². The molecule has 1 unspecified atom stereocenters. The number of aliphatic hydroxyl groups excluding tert-OH is 1. The Hall–Kier alpha value is -1.30. The SMILES string of the molecule is O=C1CCC(CNC(=O)OCCO)N1. The lowest BCUT2D eigenvalue weighted by atomic mass is 10.2. The van der Waals surface area contributed by atoms with E-state index in [0.717, 1.165) is 6.42 Å². The molecule has 1 fully saturated rings. The number of carbonyl (C=O) groups is 2. The Morgan fingerprint density at radius 3 is 3.07 bits per heavy atom. The van der Waals surface area contributed by atoms with Crippen molar-refractivity contribution in [1.29, 1.82) is 0 Å². The van der Waals surface area contributed by atoms with E-state index in [1.165, 1.54) is 0 Å². The quantitative estimate of drug-likeness (QED) is 0.544. The van der Waals surface area contributed by atoms with E-state index in [9.17, 15) is 9.59 Å². The van der Waals surface area contributed by atoms with Crippen LogP contribution < -0.4 is 10.6 Å². The Balaban J connectivity index is 2.08. The molecule has 6 heteroatoms. The summed E-state index contributed by atoms with van der Waals surface area (Å²) >= 11 is 0. The maximum Gasteiger partial charge on any atom is 0.407 e. The highest BCUT2D eigenvalue weighted by molar-refractivity contribution is 5.78. The smallest absolute Gasteiger partial charge is 0.407 e. The molecule has 0 aromatic rings. The monoisotopic (exact) mass is 202 g/mol. The molecule has 3 N–H and O–H groups in total. The number of carbonyl (C=O) groups excluding carboxylic acids is 2. The van der Waals surface area contributed by atoms with Crippen LogP contribution in [0.3, 0.4) is 0 Å². The summed E-state index contributed by atoms with van der Waals surface area (Å²) < 4.78 is 4.57. The highest BCUT2D eigenvalue weighted by atomic mass is 16.6. The molecule has 1 heterocycles. The van der Waals surface area contributed by atoms with Crippen LogP contribution >= 0.6 is 0 Å². The summed E-state index contributed by atoms with van der Waals surface area (Å²) in [6, 6.07) is 0.00387. The zero-order valence-corrected chi connectivity index (χ0v) is 7.78. The first-order valence-corrected chi connectivity index (χ1v) is 4.53. The van der Waals surface area contributed by atoms with Crippen LogP contribution in [0.4, 0.5) is 4.79 Å². The molecule has 0 saturated carbocycles. The Morgan fingerprint density at radius 1 is 1.71 bits per heavy atom. The fraction of sp³-hybridized carbons (Fsp3) is 0.750.